The van der Waals surface area contributed by atoms with Gasteiger partial charge in [0.25, 0.3) is 0 Å². The smallest absolute Gasteiger partial charge is 0.0351 e. The van der Waals surface area contributed by atoms with E-state index < -0.39 is 0 Å². The lowest BCUT2D eigenvalue weighted by Gasteiger charge is -2.29. The summed E-state index contributed by atoms with van der Waals surface area (Å²) in [5.41, 5.74) is 2.87. The van der Waals surface area contributed by atoms with E-state index in [0.717, 1.165) is 11.8 Å². The highest BCUT2D eigenvalue weighted by Gasteiger charge is 2.34. The van der Waals surface area contributed by atoms with Crippen LogP contribution in [0.1, 0.15) is 75.5 Å². The molecule has 2 fully saturated rings. The van der Waals surface area contributed by atoms with Gasteiger partial charge in [0.1, 0.15) is 0 Å². The molecule has 0 bridgehead atoms. The third-order valence-electron chi connectivity index (χ3n) is 5.58. The van der Waals surface area contributed by atoms with Crippen LogP contribution in [0.3, 0.4) is 0 Å². The van der Waals surface area contributed by atoms with Crippen molar-refractivity contribution in [3.63, 3.8) is 0 Å². The zero-order chi connectivity index (χ0) is 14.7. The largest absolute Gasteiger partial charge is 0.307 e. The van der Waals surface area contributed by atoms with Crippen LogP contribution in [0.15, 0.2) is 24.3 Å². The lowest BCUT2D eigenvalue weighted by Crippen LogP contribution is -2.37. The molecule has 0 heterocycles. The van der Waals surface area contributed by atoms with Gasteiger partial charge in [-0.15, -0.1) is 0 Å². The molecule has 0 aromatic heterocycles. The third-order valence-corrected chi connectivity index (χ3v) is 5.58. The van der Waals surface area contributed by atoms with Crippen molar-refractivity contribution in [2.24, 2.45) is 11.8 Å². The third kappa shape index (κ3) is 4.10. The topological polar surface area (TPSA) is 12.0 Å². The van der Waals surface area contributed by atoms with Gasteiger partial charge in [0.05, 0.1) is 0 Å². The van der Waals surface area contributed by atoms with Gasteiger partial charge in [-0.05, 0) is 56.9 Å². The van der Waals surface area contributed by atoms with Crippen LogP contribution in [0.25, 0.3) is 0 Å². The van der Waals surface area contributed by atoms with Crippen molar-refractivity contribution < 1.29 is 0 Å². The van der Waals surface area contributed by atoms with E-state index in [2.05, 4.69) is 43.4 Å². The van der Waals surface area contributed by atoms with Gasteiger partial charge in [0, 0.05) is 12.1 Å². The molecule has 21 heavy (non-hydrogen) atoms. The highest BCUT2D eigenvalue weighted by atomic mass is 15.0. The Balaban J connectivity index is 1.65. The second-order valence-electron chi connectivity index (χ2n) is 7.43. The number of rotatable bonds is 5. The van der Waals surface area contributed by atoms with Crippen molar-refractivity contribution in [2.75, 3.05) is 0 Å². The van der Waals surface area contributed by atoms with E-state index in [-0.39, 0.29) is 0 Å². The van der Waals surface area contributed by atoms with Crippen LogP contribution in [0.5, 0.6) is 0 Å². The molecular formula is C20H31N. The molecule has 1 nitrogen and oxygen atoms in total. The highest BCUT2D eigenvalue weighted by molar-refractivity contribution is 5.25. The van der Waals surface area contributed by atoms with E-state index in [9.17, 15) is 0 Å². The number of hydrogen-bond donors (Lipinski definition) is 1. The molecule has 0 amide bonds. The van der Waals surface area contributed by atoms with E-state index in [1.165, 1.54) is 62.5 Å². The highest BCUT2D eigenvalue weighted by Crippen LogP contribution is 2.42. The number of nitrogens with one attached hydrogen (secondary N) is 1. The maximum Gasteiger partial charge on any atom is 0.0351 e. The van der Waals surface area contributed by atoms with Gasteiger partial charge in [-0.3, -0.25) is 0 Å². The van der Waals surface area contributed by atoms with E-state index in [1.54, 1.807) is 0 Å². The molecule has 2 aliphatic carbocycles. The first-order valence-corrected chi connectivity index (χ1v) is 9.06. The maximum atomic E-state index is 4.01. The van der Waals surface area contributed by atoms with Crippen molar-refractivity contribution in [3.05, 3.63) is 35.4 Å². The zero-order valence-corrected chi connectivity index (χ0v) is 13.8. The number of hydrogen-bond acceptors (Lipinski definition) is 1. The summed E-state index contributed by atoms with van der Waals surface area (Å²) in [4.78, 5) is 0. The van der Waals surface area contributed by atoms with Crippen LogP contribution in [0.2, 0.25) is 0 Å². The minimum atomic E-state index is 0.587. The summed E-state index contributed by atoms with van der Waals surface area (Å²) in [7, 11) is 0. The fraction of sp³-hybridized carbons (Fsp3) is 0.700. The molecule has 1 aromatic rings. The van der Waals surface area contributed by atoms with Crippen molar-refractivity contribution in [3.8, 4) is 0 Å². The average molecular weight is 285 g/mol. The fourth-order valence-corrected chi connectivity index (χ4v) is 3.94. The second-order valence-corrected chi connectivity index (χ2v) is 7.43. The van der Waals surface area contributed by atoms with E-state index >= 15 is 0 Å². The quantitative estimate of drug-likeness (QED) is 0.715. The summed E-state index contributed by atoms with van der Waals surface area (Å²) in [6, 6.07) is 10.5. The van der Waals surface area contributed by atoms with Crippen molar-refractivity contribution in [2.45, 2.75) is 77.3 Å². The van der Waals surface area contributed by atoms with E-state index in [0.29, 0.717) is 12.1 Å². The number of benzene rings is 1. The minimum absolute atomic E-state index is 0.587. The number of aryl methyl sites for hydroxylation is 1. The predicted octanol–water partition coefficient (Wildman–Crippen LogP) is 5.39. The van der Waals surface area contributed by atoms with Crippen LogP contribution in [-0.4, -0.2) is 6.04 Å². The molecule has 0 spiro atoms. The molecule has 1 unspecified atom stereocenters. The second kappa shape index (κ2) is 6.96. The Labute approximate surface area is 130 Å². The Hall–Kier alpha value is -0.820. The lowest BCUT2D eigenvalue weighted by atomic mass is 9.91. The molecule has 3 rings (SSSR count). The Bertz CT molecular complexity index is 424. The van der Waals surface area contributed by atoms with Crippen LogP contribution in [0, 0.1) is 18.8 Å². The normalized spacial score (nSPS) is 23.5. The van der Waals surface area contributed by atoms with Crippen molar-refractivity contribution in [1.82, 2.24) is 5.32 Å². The summed E-state index contributed by atoms with van der Waals surface area (Å²) >= 11 is 0. The SMILES string of the molecule is Cc1ccc(C(N[C@H](C)C2CCCCCC2)C2CC2)cc1. The van der Waals surface area contributed by atoms with Crippen molar-refractivity contribution in [1.29, 1.82) is 0 Å². The lowest BCUT2D eigenvalue weighted by molar-refractivity contribution is 0.298. The predicted molar refractivity (Wildman–Crippen MR) is 90.4 cm³/mol. The standard InChI is InChI=1S/C20H31N/c1-15-9-11-18(12-10-15)20(19-13-14-19)21-16(2)17-7-5-3-4-6-8-17/h9-12,16-17,19-21H,3-8,13-14H2,1-2H3/t16-,20?/m1/s1. The molecule has 1 heteroatoms. The summed E-state index contributed by atoms with van der Waals surface area (Å²) < 4.78 is 0. The summed E-state index contributed by atoms with van der Waals surface area (Å²) in [6.07, 6.45) is 11.5. The Morgan fingerprint density at radius 2 is 1.48 bits per heavy atom. The maximum absolute atomic E-state index is 4.01. The van der Waals surface area contributed by atoms with Crippen LogP contribution < -0.4 is 5.32 Å². The van der Waals surface area contributed by atoms with E-state index in [1.807, 2.05) is 0 Å². The Kier molecular flexibility index (Phi) is 5.00. The average Bonchev–Trinajstić information content (AvgIpc) is 3.32. The first-order valence-electron chi connectivity index (χ1n) is 9.06. The van der Waals surface area contributed by atoms with E-state index in [4.69, 9.17) is 0 Å². The first kappa shape index (κ1) is 15.1. The van der Waals surface area contributed by atoms with Crippen LogP contribution in [-0.2, 0) is 0 Å². The molecule has 2 aliphatic rings. The van der Waals surface area contributed by atoms with Crippen LogP contribution >= 0.6 is 0 Å². The molecule has 0 aliphatic heterocycles. The van der Waals surface area contributed by atoms with Gasteiger partial charge >= 0.3 is 0 Å². The van der Waals surface area contributed by atoms with Crippen molar-refractivity contribution >= 4 is 0 Å². The van der Waals surface area contributed by atoms with Crippen LogP contribution in [0.4, 0.5) is 0 Å². The molecule has 116 valence electrons. The molecule has 2 saturated carbocycles. The zero-order valence-electron chi connectivity index (χ0n) is 13.8. The van der Waals surface area contributed by atoms with Gasteiger partial charge in [-0.2, -0.15) is 0 Å². The fourth-order valence-electron chi connectivity index (χ4n) is 3.94. The molecule has 0 radical (unpaired) electrons. The molecule has 0 saturated heterocycles. The van der Waals surface area contributed by atoms with Gasteiger partial charge in [0.15, 0.2) is 0 Å². The van der Waals surface area contributed by atoms with Gasteiger partial charge in [-0.1, -0.05) is 55.5 Å². The monoisotopic (exact) mass is 285 g/mol. The summed E-state index contributed by atoms with van der Waals surface area (Å²) in [5.74, 6) is 1.76. The minimum Gasteiger partial charge on any atom is -0.307 e. The summed E-state index contributed by atoms with van der Waals surface area (Å²) in [5, 5.41) is 4.01. The van der Waals surface area contributed by atoms with Gasteiger partial charge < -0.3 is 5.32 Å². The van der Waals surface area contributed by atoms with Gasteiger partial charge in [0.2, 0.25) is 0 Å². The molecular weight excluding hydrogens is 254 g/mol. The van der Waals surface area contributed by atoms with Gasteiger partial charge in [-0.25, -0.2) is 0 Å². The Morgan fingerprint density at radius 1 is 0.857 bits per heavy atom. The molecule has 2 atom stereocenters. The molecule has 1 aromatic carbocycles. The Morgan fingerprint density at radius 3 is 2.05 bits per heavy atom. The molecule has 1 N–H and O–H groups in total. The first-order chi connectivity index (χ1) is 10.2. The summed E-state index contributed by atoms with van der Waals surface area (Å²) in [6.45, 7) is 4.61.